The van der Waals surface area contributed by atoms with Gasteiger partial charge >= 0.3 is 0 Å². The maximum Gasteiger partial charge on any atom is 0.255 e. The highest BCUT2D eigenvalue weighted by atomic mass is 16.5. The molecular formula is C19H23N3O4. The van der Waals surface area contributed by atoms with E-state index in [0.29, 0.717) is 47.8 Å². The van der Waals surface area contributed by atoms with Crippen LogP contribution >= 0.6 is 0 Å². The lowest BCUT2D eigenvalue weighted by atomic mass is 10.2. The predicted octanol–water partition coefficient (Wildman–Crippen LogP) is 2.63. The van der Waals surface area contributed by atoms with E-state index in [-0.39, 0.29) is 11.8 Å². The fraction of sp³-hybridized carbons (Fsp3) is 0.263. The van der Waals surface area contributed by atoms with Gasteiger partial charge in [-0.3, -0.25) is 9.59 Å². The number of rotatable bonds is 8. The zero-order valence-corrected chi connectivity index (χ0v) is 14.9. The molecule has 0 saturated heterocycles. The van der Waals surface area contributed by atoms with Gasteiger partial charge in [0.1, 0.15) is 11.5 Å². The van der Waals surface area contributed by atoms with Crippen LogP contribution in [-0.4, -0.2) is 32.6 Å². The van der Waals surface area contributed by atoms with Gasteiger partial charge in [0.2, 0.25) is 5.91 Å². The highest BCUT2D eigenvalue weighted by Crippen LogP contribution is 2.36. The minimum absolute atomic E-state index is 0.170. The van der Waals surface area contributed by atoms with Gasteiger partial charge in [-0.05, 0) is 25.1 Å². The van der Waals surface area contributed by atoms with Crippen LogP contribution < -0.4 is 25.8 Å². The molecule has 2 rings (SSSR count). The van der Waals surface area contributed by atoms with Gasteiger partial charge in [0.15, 0.2) is 0 Å². The molecule has 0 aliphatic carbocycles. The highest BCUT2D eigenvalue weighted by Gasteiger charge is 2.16. The van der Waals surface area contributed by atoms with Gasteiger partial charge in [0, 0.05) is 24.1 Å². The molecule has 7 heteroatoms. The van der Waals surface area contributed by atoms with E-state index >= 15 is 0 Å². The van der Waals surface area contributed by atoms with Crippen LogP contribution in [0.15, 0.2) is 42.5 Å². The first-order valence-electron chi connectivity index (χ1n) is 8.21. The van der Waals surface area contributed by atoms with Crippen molar-refractivity contribution in [1.29, 1.82) is 0 Å². The Kier molecular flexibility index (Phi) is 6.99. The number of nitrogens with one attached hydrogen (secondary N) is 2. The molecule has 2 aromatic rings. The smallest absolute Gasteiger partial charge is 0.255 e. The van der Waals surface area contributed by atoms with Crippen molar-refractivity contribution in [3.8, 4) is 11.5 Å². The normalized spacial score (nSPS) is 10.1. The van der Waals surface area contributed by atoms with Crippen molar-refractivity contribution in [1.82, 2.24) is 0 Å². The Labute approximate surface area is 152 Å². The van der Waals surface area contributed by atoms with E-state index in [9.17, 15) is 9.59 Å². The summed E-state index contributed by atoms with van der Waals surface area (Å²) in [5.74, 6) is 0.377. The Morgan fingerprint density at radius 2 is 1.54 bits per heavy atom. The Morgan fingerprint density at radius 3 is 2.08 bits per heavy atom. The molecule has 0 aliphatic heterocycles. The van der Waals surface area contributed by atoms with Gasteiger partial charge < -0.3 is 25.8 Å². The summed E-state index contributed by atoms with van der Waals surface area (Å²) >= 11 is 0. The van der Waals surface area contributed by atoms with Crippen molar-refractivity contribution in [3.63, 3.8) is 0 Å². The molecule has 0 unspecified atom stereocenters. The zero-order valence-electron chi connectivity index (χ0n) is 14.9. The molecule has 0 aromatic heterocycles. The highest BCUT2D eigenvalue weighted by molar-refractivity contribution is 6.05. The largest absolute Gasteiger partial charge is 0.494 e. The number of amides is 2. The van der Waals surface area contributed by atoms with Crippen LogP contribution in [0.25, 0.3) is 0 Å². The number of nitrogens with two attached hydrogens (primary N) is 1. The summed E-state index contributed by atoms with van der Waals surface area (Å²) in [4.78, 5) is 24.3. The molecule has 0 spiro atoms. The lowest BCUT2D eigenvalue weighted by Gasteiger charge is -2.16. The Bertz CT molecular complexity index is 763. The summed E-state index contributed by atoms with van der Waals surface area (Å²) in [5.41, 5.74) is 6.85. The average molecular weight is 357 g/mol. The van der Waals surface area contributed by atoms with Crippen molar-refractivity contribution in [2.45, 2.75) is 12.8 Å². The topological polar surface area (TPSA) is 103 Å². The van der Waals surface area contributed by atoms with Crippen molar-refractivity contribution >= 4 is 23.2 Å². The molecule has 26 heavy (non-hydrogen) atoms. The second-order valence-electron chi connectivity index (χ2n) is 5.51. The number of hydrogen-bond donors (Lipinski definition) is 3. The SMILES string of the molecule is COc1cc(NC(=O)c2ccccc2)c(OC)cc1NC(=O)CCCN. The summed E-state index contributed by atoms with van der Waals surface area (Å²) in [7, 11) is 2.97. The summed E-state index contributed by atoms with van der Waals surface area (Å²) in [6, 6.07) is 12.1. The number of ether oxygens (including phenoxy) is 2. The van der Waals surface area contributed by atoms with E-state index < -0.39 is 0 Å². The fourth-order valence-corrected chi connectivity index (χ4v) is 2.35. The molecule has 0 bridgehead atoms. The minimum atomic E-state index is -0.273. The average Bonchev–Trinajstić information content (AvgIpc) is 2.67. The van der Waals surface area contributed by atoms with Gasteiger partial charge in [0.05, 0.1) is 25.6 Å². The molecule has 0 atom stereocenters. The van der Waals surface area contributed by atoms with E-state index in [1.54, 1.807) is 36.4 Å². The first kappa shape index (κ1) is 19.3. The molecular weight excluding hydrogens is 334 g/mol. The van der Waals surface area contributed by atoms with E-state index in [1.165, 1.54) is 14.2 Å². The molecule has 0 fully saturated rings. The number of carbonyl (C=O) groups excluding carboxylic acids is 2. The van der Waals surface area contributed by atoms with Gasteiger partial charge in [-0.1, -0.05) is 18.2 Å². The van der Waals surface area contributed by atoms with Crippen molar-refractivity contribution < 1.29 is 19.1 Å². The molecule has 2 amide bonds. The van der Waals surface area contributed by atoms with Gasteiger partial charge in [-0.15, -0.1) is 0 Å². The number of carbonyl (C=O) groups is 2. The fourth-order valence-electron chi connectivity index (χ4n) is 2.35. The second kappa shape index (κ2) is 9.43. The summed E-state index contributed by atoms with van der Waals surface area (Å²) in [5, 5.41) is 5.57. The standard InChI is InChI=1S/C19H23N3O4/c1-25-16-12-15(22-19(24)13-7-4-3-5-8-13)17(26-2)11-14(16)21-18(23)9-6-10-20/h3-5,7-8,11-12H,6,9-10,20H2,1-2H3,(H,21,23)(H,22,24). The third-order valence-electron chi connectivity index (χ3n) is 3.69. The maximum absolute atomic E-state index is 12.4. The van der Waals surface area contributed by atoms with Gasteiger partial charge in [-0.25, -0.2) is 0 Å². The maximum atomic E-state index is 12.4. The minimum Gasteiger partial charge on any atom is -0.494 e. The predicted molar refractivity (Wildman–Crippen MR) is 101 cm³/mol. The van der Waals surface area contributed by atoms with Crippen LogP contribution in [0.1, 0.15) is 23.2 Å². The van der Waals surface area contributed by atoms with Crippen LogP contribution in [0.2, 0.25) is 0 Å². The van der Waals surface area contributed by atoms with Crippen LogP contribution in [0.5, 0.6) is 11.5 Å². The number of benzene rings is 2. The number of methoxy groups -OCH3 is 2. The molecule has 0 aliphatic rings. The quantitative estimate of drug-likeness (QED) is 0.674. The molecule has 7 nitrogen and oxygen atoms in total. The van der Waals surface area contributed by atoms with E-state index in [1.807, 2.05) is 6.07 Å². The Morgan fingerprint density at radius 1 is 0.962 bits per heavy atom. The van der Waals surface area contributed by atoms with Crippen LogP contribution in [-0.2, 0) is 4.79 Å². The number of hydrogen-bond acceptors (Lipinski definition) is 5. The van der Waals surface area contributed by atoms with E-state index in [2.05, 4.69) is 10.6 Å². The van der Waals surface area contributed by atoms with Crippen LogP contribution in [0.4, 0.5) is 11.4 Å². The Hall–Kier alpha value is -3.06. The van der Waals surface area contributed by atoms with Crippen LogP contribution in [0.3, 0.4) is 0 Å². The summed E-state index contributed by atoms with van der Waals surface area (Å²) in [6.45, 7) is 0.443. The summed E-state index contributed by atoms with van der Waals surface area (Å²) in [6.07, 6.45) is 0.908. The van der Waals surface area contributed by atoms with Crippen LogP contribution in [0, 0.1) is 0 Å². The molecule has 0 saturated carbocycles. The second-order valence-corrected chi connectivity index (χ2v) is 5.51. The molecule has 4 N–H and O–H groups in total. The van der Waals surface area contributed by atoms with Crippen molar-refractivity contribution in [2.75, 3.05) is 31.4 Å². The van der Waals surface area contributed by atoms with Gasteiger partial charge in [0.25, 0.3) is 5.91 Å². The lowest BCUT2D eigenvalue weighted by Crippen LogP contribution is -2.15. The third-order valence-corrected chi connectivity index (χ3v) is 3.69. The van der Waals surface area contributed by atoms with E-state index in [4.69, 9.17) is 15.2 Å². The van der Waals surface area contributed by atoms with Gasteiger partial charge in [-0.2, -0.15) is 0 Å². The van der Waals surface area contributed by atoms with Crippen molar-refractivity contribution in [3.05, 3.63) is 48.0 Å². The monoisotopic (exact) mass is 357 g/mol. The summed E-state index contributed by atoms with van der Waals surface area (Å²) < 4.78 is 10.7. The number of anilines is 2. The molecule has 0 heterocycles. The molecule has 0 radical (unpaired) electrons. The molecule has 2 aromatic carbocycles. The lowest BCUT2D eigenvalue weighted by molar-refractivity contribution is -0.116. The first-order chi connectivity index (χ1) is 12.6. The molecule has 138 valence electrons. The Balaban J connectivity index is 2.24. The van der Waals surface area contributed by atoms with Crippen molar-refractivity contribution in [2.24, 2.45) is 5.73 Å². The third kappa shape index (κ3) is 4.97. The zero-order chi connectivity index (χ0) is 18.9. The van der Waals surface area contributed by atoms with E-state index in [0.717, 1.165) is 0 Å². The first-order valence-corrected chi connectivity index (χ1v) is 8.21.